The summed E-state index contributed by atoms with van der Waals surface area (Å²) in [5.41, 5.74) is 1.12. The molecule has 0 amide bonds. The summed E-state index contributed by atoms with van der Waals surface area (Å²) < 4.78 is 1.06. The summed E-state index contributed by atoms with van der Waals surface area (Å²) in [4.78, 5) is 11.4. The quantitative estimate of drug-likeness (QED) is 0.596. The van der Waals surface area contributed by atoms with Gasteiger partial charge in [0.25, 0.3) is 0 Å². The van der Waals surface area contributed by atoms with Gasteiger partial charge in [-0.2, -0.15) is 0 Å². The van der Waals surface area contributed by atoms with Crippen molar-refractivity contribution in [2.75, 3.05) is 0 Å². The number of carbonyl (C=O) groups is 1. The average molecular weight is 290 g/mol. The molecule has 0 bridgehead atoms. The zero-order valence-electron chi connectivity index (χ0n) is 7.09. The van der Waals surface area contributed by atoms with Crippen molar-refractivity contribution in [2.24, 2.45) is 0 Å². The van der Waals surface area contributed by atoms with Gasteiger partial charge >= 0.3 is 0 Å². The van der Waals surface area contributed by atoms with Crippen molar-refractivity contribution >= 4 is 55.2 Å². The van der Waals surface area contributed by atoms with Gasteiger partial charge in [-0.25, -0.2) is 0 Å². The lowest BCUT2D eigenvalue weighted by atomic mass is 10.1. The number of carbonyl (C=O) groups excluding carboxylic acids is 1. The summed E-state index contributed by atoms with van der Waals surface area (Å²) in [5.74, 6) is 0. The van der Waals surface area contributed by atoms with Gasteiger partial charge in [-0.05, 0) is 29.1 Å². The highest BCUT2D eigenvalue weighted by Crippen LogP contribution is 2.31. The van der Waals surface area contributed by atoms with E-state index in [4.69, 9.17) is 11.6 Å². The number of halogens is 2. The lowest BCUT2D eigenvalue weighted by molar-refractivity contribution is 0.112. The molecule has 0 atom stereocenters. The van der Waals surface area contributed by atoms with Crippen LogP contribution in [-0.4, -0.2) is 6.29 Å². The molecule has 0 unspecified atom stereocenters. The Morgan fingerprint density at radius 1 is 1.43 bits per heavy atom. The first-order valence-corrected chi connectivity index (χ1v) is 6.29. The summed E-state index contributed by atoms with van der Waals surface area (Å²) in [7, 11) is 0. The monoisotopic (exact) mass is 288 g/mol. The number of thiophene rings is 1. The molecule has 0 saturated carbocycles. The van der Waals surface area contributed by atoms with Gasteiger partial charge in [0.05, 0.1) is 4.88 Å². The molecular formula is C10H6BrClOS. The molecule has 1 aromatic heterocycles. The Morgan fingerprint density at radius 2 is 2.21 bits per heavy atom. The van der Waals surface area contributed by atoms with E-state index in [-0.39, 0.29) is 0 Å². The Labute approximate surface area is 98.8 Å². The number of fused-ring (bicyclic) bond motifs is 1. The van der Waals surface area contributed by atoms with Crippen LogP contribution in [0.25, 0.3) is 10.1 Å². The van der Waals surface area contributed by atoms with E-state index in [1.165, 1.54) is 11.3 Å². The summed E-state index contributed by atoms with van der Waals surface area (Å²) in [5, 5.41) is 2.57. The molecule has 1 nitrogen and oxygen atoms in total. The van der Waals surface area contributed by atoms with E-state index in [9.17, 15) is 4.79 Å². The lowest BCUT2D eigenvalue weighted by Gasteiger charge is -1.98. The highest BCUT2D eigenvalue weighted by atomic mass is 79.9. The molecule has 2 rings (SSSR count). The van der Waals surface area contributed by atoms with Crippen molar-refractivity contribution in [1.29, 1.82) is 0 Å². The molecule has 4 heteroatoms. The number of aldehydes is 1. The number of benzene rings is 1. The minimum absolute atomic E-state index is 0.714. The van der Waals surface area contributed by atoms with Crippen LogP contribution in [0.15, 0.2) is 18.2 Å². The van der Waals surface area contributed by atoms with E-state index in [2.05, 4.69) is 15.9 Å². The van der Waals surface area contributed by atoms with Gasteiger partial charge in [-0.15, -0.1) is 11.3 Å². The summed E-state index contributed by atoms with van der Waals surface area (Å²) in [6.07, 6.45) is 0.872. The van der Waals surface area contributed by atoms with Crippen molar-refractivity contribution in [3.05, 3.63) is 33.7 Å². The zero-order chi connectivity index (χ0) is 10.1. The fraction of sp³-hybridized carbons (Fsp3) is 0.100. The van der Waals surface area contributed by atoms with Gasteiger partial charge < -0.3 is 0 Å². The predicted molar refractivity (Wildman–Crippen MR) is 64.9 cm³/mol. The third-order valence-electron chi connectivity index (χ3n) is 1.97. The van der Waals surface area contributed by atoms with Crippen molar-refractivity contribution in [3.8, 4) is 0 Å². The maximum atomic E-state index is 10.6. The van der Waals surface area contributed by atoms with Gasteiger partial charge in [0, 0.05) is 15.1 Å². The number of alkyl halides is 1. The largest absolute Gasteiger partial charge is 0.297 e. The van der Waals surface area contributed by atoms with Crippen LogP contribution in [-0.2, 0) is 5.33 Å². The minimum atomic E-state index is 0.714. The standard InChI is InChI=1S/C10H6BrClOS/c11-4-6-1-7(12)2-10-9(6)3-8(5-13)14-10/h1-3,5H,4H2. The fourth-order valence-electron chi connectivity index (χ4n) is 1.36. The first kappa shape index (κ1) is 10.1. The second kappa shape index (κ2) is 4.01. The molecule has 0 aliphatic heterocycles. The highest BCUT2D eigenvalue weighted by Gasteiger charge is 2.06. The van der Waals surface area contributed by atoms with Gasteiger partial charge in [0.1, 0.15) is 0 Å². The fourth-order valence-corrected chi connectivity index (χ4v) is 3.10. The number of hydrogen-bond donors (Lipinski definition) is 0. The summed E-state index contributed by atoms with van der Waals surface area (Å²) >= 11 is 10.8. The second-order valence-corrected chi connectivity index (χ2v) is 4.99. The Morgan fingerprint density at radius 3 is 2.86 bits per heavy atom. The maximum Gasteiger partial charge on any atom is 0.160 e. The first-order chi connectivity index (χ1) is 6.74. The van der Waals surface area contributed by atoms with E-state index in [1.54, 1.807) is 0 Å². The van der Waals surface area contributed by atoms with E-state index in [0.717, 1.165) is 32.1 Å². The van der Waals surface area contributed by atoms with Gasteiger partial charge in [-0.3, -0.25) is 4.79 Å². The second-order valence-electron chi connectivity index (χ2n) is 2.88. The average Bonchev–Trinajstić information content (AvgIpc) is 2.59. The Bertz CT molecular complexity index is 492. The van der Waals surface area contributed by atoms with Gasteiger partial charge in [-0.1, -0.05) is 27.5 Å². The third kappa shape index (κ3) is 1.72. The normalized spacial score (nSPS) is 10.7. The Kier molecular flexibility index (Phi) is 2.91. The van der Waals surface area contributed by atoms with Crippen molar-refractivity contribution in [1.82, 2.24) is 0 Å². The Balaban J connectivity index is 2.77. The van der Waals surface area contributed by atoms with E-state index in [1.807, 2.05) is 18.2 Å². The molecule has 0 saturated heterocycles. The molecule has 14 heavy (non-hydrogen) atoms. The predicted octanol–water partition coefficient (Wildman–Crippen LogP) is 4.26. The number of hydrogen-bond acceptors (Lipinski definition) is 2. The molecule has 2 aromatic rings. The highest BCUT2D eigenvalue weighted by molar-refractivity contribution is 9.08. The van der Waals surface area contributed by atoms with Gasteiger partial charge in [0.2, 0.25) is 0 Å². The SMILES string of the molecule is O=Cc1cc2c(CBr)cc(Cl)cc2s1. The maximum absolute atomic E-state index is 10.6. The smallest absolute Gasteiger partial charge is 0.160 e. The van der Waals surface area contributed by atoms with Gasteiger partial charge in [0.15, 0.2) is 6.29 Å². The lowest BCUT2D eigenvalue weighted by Crippen LogP contribution is -1.77. The molecule has 0 fully saturated rings. The first-order valence-electron chi connectivity index (χ1n) is 3.97. The van der Waals surface area contributed by atoms with Crippen molar-refractivity contribution in [3.63, 3.8) is 0 Å². The molecule has 1 aromatic carbocycles. The van der Waals surface area contributed by atoms with Crippen LogP contribution in [0.5, 0.6) is 0 Å². The van der Waals surface area contributed by atoms with Crippen LogP contribution in [0.1, 0.15) is 15.2 Å². The van der Waals surface area contributed by atoms with E-state index >= 15 is 0 Å². The van der Waals surface area contributed by atoms with Crippen molar-refractivity contribution < 1.29 is 4.79 Å². The van der Waals surface area contributed by atoms with Crippen molar-refractivity contribution in [2.45, 2.75) is 5.33 Å². The number of rotatable bonds is 2. The third-order valence-corrected chi connectivity index (χ3v) is 3.80. The molecule has 0 spiro atoms. The molecule has 0 aliphatic rings. The molecule has 0 radical (unpaired) electrons. The van der Waals surface area contributed by atoms with Crippen LogP contribution in [0.3, 0.4) is 0 Å². The van der Waals surface area contributed by atoms with Crippen LogP contribution < -0.4 is 0 Å². The molecule has 0 aliphatic carbocycles. The van der Waals surface area contributed by atoms with E-state index in [0.29, 0.717) is 5.02 Å². The van der Waals surface area contributed by atoms with Crippen LogP contribution in [0.2, 0.25) is 5.02 Å². The zero-order valence-corrected chi connectivity index (χ0v) is 10.2. The van der Waals surface area contributed by atoms with E-state index < -0.39 is 0 Å². The molecule has 0 N–H and O–H groups in total. The molecule has 1 heterocycles. The van der Waals surface area contributed by atoms with Crippen LogP contribution >= 0.6 is 38.9 Å². The Hall–Kier alpha value is -0.380. The summed E-state index contributed by atoms with van der Waals surface area (Å²) in [6.45, 7) is 0. The minimum Gasteiger partial charge on any atom is -0.297 e. The summed E-state index contributed by atoms with van der Waals surface area (Å²) in [6, 6.07) is 5.71. The van der Waals surface area contributed by atoms with Crippen LogP contribution in [0, 0.1) is 0 Å². The molecule has 72 valence electrons. The topological polar surface area (TPSA) is 17.1 Å². The van der Waals surface area contributed by atoms with Crippen LogP contribution in [0.4, 0.5) is 0 Å². The molecular weight excluding hydrogens is 284 g/mol.